The molecule has 3 aromatic rings. The fourth-order valence-corrected chi connectivity index (χ4v) is 3.40. The van der Waals surface area contributed by atoms with Crippen LogP contribution < -0.4 is 10.2 Å². The average Bonchev–Trinajstić information content (AvgIpc) is 3.19. The molecule has 0 saturated carbocycles. The van der Waals surface area contributed by atoms with Crippen molar-refractivity contribution in [3.8, 4) is 17.1 Å². The second-order valence-corrected chi connectivity index (χ2v) is 6.98. The van der Waals surface area contributed by atoms with E-state index in [1.54, 1.807) is 19.5 Å². The van der Waals surface area contributed by atoms with Gasteiger partial charge in [0.2, 0.25) is 0 Å². The second-order valence-electron chi connectivity index (χ2n) is 6.04. The van der Waals surface area contributed by atoms with Gasteiger partial charge in [-0.1, -0.05) is 11.8 Å². The molecule has 0 aliphatic carbocycles. The molecule has 9 heteroatoms. The largest absolute Gasteiger partial charge is 0.497 e. The highest BCUT2D eigenvalue weighted by atomic mass is 32.2. The molecule has 29 heavy (non-hydrogen) atoms. The Kier molecular flexibility index (Phi) is 6.96. The second kappa shape index (κ2) is 9.83. The van der Waals surface area contributed by atoms with Crippen LogP contribution in [0.2, 0.25) is 0 Å². The fourth-order valence-electron chi connectivity index (χ4n) is 2.60. The van der Waals surface area contributed by atoms with Crippen LogP contribution in [-0.2, 0) is 11.3 Å². The highest BCUT2D eigenvalue weighted by Crippen LogP contribution is 2.25. The Hall–Kier alpha value is -3.20. The summed E-state index contributed by atoms with van der Waals surface area (Å²) in [5.41, 5.74) is 5.13. The molecular formula is C20H22N6O2S. The number of thioether (sulfide) groups is 1. The minimum absolute atomic E-state index is 0.188. The lowest BCUT2D eigenvalue weighted by atomic mass is 10.2. The number of nitrogens with zero attached hydrogens (tertiary/aromatic N) is 5. The maximum absolute atomic E-state index is 12.2. The standard InChI is InChI=1S/C20H22N6O2S/c1-4-26-19(16-5-7-17(28-3)8-6-16)24-25-20(26)29-13-18(27)23-22-14(2)15-9-11-21-12-10-15/h5-12H,4,13H2,1-3H3,(H,23,27). The average molecular weight is 411 g/mol. The van der Waals surface area contributed by atoms with Gasteiger partial charge < -0.3 is 9.30 Å². The third-order valence-corrected chi connectivity index (χ3v) is 5.13. The Balaban J connectivity index is 1.63. The van der Waals surface area contributed by atoms with E-state index in [0.29, 0.717) is 17.4 Å². The summed E-state index contributed by atoms with van der Waals surface area (Å²) < 4.78 is 7.17. The topological polar surface area (TPSA) is 94.3 Å². The van der Waals surface area contributed by atoms with Crippen LogP contribution in [0, 0.1) is 0 Å². The molecule has 150 valence electrons. The van der Waals surface area contributed by atoms with E-state index in [0.717, 1.165) is 22.7 Å². The van der Waals surface area contributed by atoms with Crippen LogP contribution in [0.3, 0.4) is 0 Å². The van der Waals surface area contributed by atoms with E-state index in [-0.39, 0.29) is 11.7 Å². The summed E-state index contributed by atoms with van der Waals surface area (Å²) >= 11 is 1.32. The number of carbonyl (C=O) groups is 1. The van der Waals surface area contributed by atoms with Gasteiger partial charge >= 0.3 is 0 Å². The minimum atomic E-state index is -0.208. The summed E-state index contributed by atoms with van der Waals surface area (Å²) in [6.45, 7) is 4.54. The van der Waals surface area contributed by atoms with Crippen molar-refractivity contribution in [1.82, 2.24) is 25.2 Å². The lowest BCUT2D eigenvalue weighted by molar-refractivity contribution is -0.118. The Morgan fingerprint density at radius 1 is 1.17 bits per heavy atom. The molecule has 0 bridgehead atoms. The maximum atomic E-state index is 12.2. The van der Waals surface area contributed by atoms with Gasteiger partial charge in [-0.05, 0) is 50.2 Å². The van der Waals surface area contributed by atoms with Crippen LogP contribution in [0.4, 0.5) is 0 Å². The van der Waals surface area contributed by atoms with Crippen LogP contribution in [0.25, 0.3) is 11.4 Å². The molecule has 1 aromatic carbocycles. The van der Waals surface area contributed by atoms with Gasteiger partial charge in [0.25, 0.3) is 5.91 Å². The first kappa shape index (κ1) is 20.5. The van der Waals surface area contributed by atoms with Crippen LogP contribution >= 0.6 is 11.8 Å². The van der Waals surface area contributed by atoms with Crippen molar-refractivity contribution in [2.24, 2.45) is 5.10 Å². The Labute approximate surface area is 173 Å². The van der Waals surface area contributed by atoms with E-state index < -0.39 is 0 Å². The zero-order chi connectivity index (χ0) is 20.6. The first-order chi connectivity index (χ1) is 14.1. The molecular weight excluding hydrogens is 388 g/mol. The first-order valence-corrected chi connectivity index (χ1v) is 10.0. The van der Waals surface area contributed by atoms with Crippen molar-refractivity contribution in [3.05, 3.63) is 54.4 Å². The van der Waals surface area contributed by atoms with Gasteiger partial charge in [0.05, 0.1) is 18.6 Å². The number of aromatic nitrogens is 4. The third kappa shape index (κ3) is 5.20. The number of pyridine rings is 1. The van der Waals surface area contributed by atoms with Crippen molar-refractivity contribution in [3.63, 3.8) is 0 Å². The molecule has 8 nitrogen and oxygen atoms in total. The molecule has 0 unspecified atom stereocenters. The number of amides is 1. The minimum Gasteiger partial charge on any atom is -0.497 e. The van der Waals surface area contributed by atoms with E-state index in [4.69, 9.17) is 4.74 Å². The van der Waals surface area contributed by atoms with Gasteiger partial charge in [-0.25, -0.2) is 5.43 Å². The van der Waals surface area contributed by atoms with Crippen molar-refractivity contribution in [1.29, 1.82) is 0 Å². The summed E-state index contributed by atoms with van der Waals surface area (Å²) in [7, 11) is 1.63. The molecule has 0 saturated heterocycles. The van der Waals surface area contributed by atoms with E-state index in [1.165, 1.54) is 11.8 Å². The van der Waals surface area contributed by atoms with E-state index >= 15 is 0 Å². The van der Waals surface area contributed by atoms with E-state index in [1.807, 2.05) is 54.8 Å². The summed E-state index contributed by atoms with van der Waals surface area (Å²) in [6, 6.07) is 11.3. The van der Waals surface area contributed by atoms with Crippen LogP contribution in [0.1, 0.15) is 19.4 Å². The molecule has 0 atom stereocenters. The Bertz CT molecular complexity index is 986. The summed E-state index contributed by atoms with van der Waals surface area (Å²) in [5, 5.41) is 13.4. The highest BCUT2D eigenvalue weighted by Gasteiger charge is 2.14. The van der Waals surface area contributed by atoms with Crippen molar-refractivity contribution < 1.29 is 9.53 Å². The smallest absolute Gasteiger partial charge is 0.250 e. The lowest BCUT2D eigenvalue weighted by Crippen LogP contribution is -2.21. The third-order valence-electron chi connectivity index (χ3n) is 4.16. The molecule has 0 spiro atoms. The van der Waals surface area contributed by atoms with E-state index in [2.05, 4.69) is 25.7 Å². The molecule has 0 radical (unpaired) electrons. The molecule has 3 rings (SSSR count). The number of rotatable bonds is 8. The number of hydrogen-bond acceptors (Lipinski definition) is 7. The molecule has 2 heterocycles. The van der Waals surface area contributed by atoms with Gasteiger partial charge in [0, 0.05) is 30.1 Å². The number of benzene rings is 1. The van der Waals surface area contributed by atoms with Gasteiger partial charge in [0.1, 0.15) is 5.75 Å². The quantitative estimate of drug-likeness (QED) is 0.349. The number of ether oxygens (including phenoxy) is 1. The number of hydrogen-bond donors (Lipinski definition) is 1. The maximum Gasteiger partial charge on any atom is 0.250 e. The number of nitrogens with one attached hydrogen (secondary N) is 1. The SMILES string of the molecule is CCn1c(SCC(=O)NN=C(C)c2ccncc2)nnc1-c1ccc(OC)cc1. The van der Waals surface area contributed by atoms with Gasteiger partial charge in [0.15, 0.2) is 11.0 Å². The molecule has 0 aliphatic rings. The zero-order valence-electron chi connectivity index (χ0n) is 16.5. The Morgan fingerprint density at radius 2 is 1.90 bits per heavy atom. The monoisotopic (exact) mass is 410 g/mol. The molecule has 0 fully saturated rings. The Morgan fingerprint density at radius 3 is 2.55 bits per heavy atom. The van der Waals surface area contributed by atoms with E-state index in [9.17, 15) is 4.79 Å². The number of carbonyl (C=O) groups excluding carboxylic acids is 1. The van der Waals surface area contributed by atoms with Crippen LogP contribution in [0.15, 0.2) is 59.0 Å². The lowest BCUT2D eigenvalue weighted by Gasteiger charge is -2.08. The van der Waals surface area contributed by atoms with Crippen molar-refractivity contribution in [2.75, 3.05) is 12.9 Å². The number of hydrazone groups is 1. The predicted molar refractivity (Wildman–Crippen MR) is 113 cm³/mol. The van der Waals surface area contributed by atoms with Gasteiger partial charge in [-0.3, -0.25) is 9.78 Å². The summed E-state index contributed by atoms with van der Waals surface area (Å²) in [4.78, 5) is 16.1. The van der Waals surface area contributed by atoms with Crippen LogP contribution in [-0.4, -0.2) is 44.2 Å². The van der Waals surface area contributed by atoms with Crippen molar-refractivity contribution in [2.45, 2.75) is 25.5 Å². The van der Waals surface area contributed by atoms with Crippen molar-refractivity contribution >= 4 is 23.4 Å². The molecule has 0 aliphatic heterocycles. The van der Waals surface area contributed by atoms with Gasteiger partial charge in [-0.2, -0.15) is 5.10 Å². The fraction of sp³-hybridized carbons (Fsp3) is 0.250. The molecule has 1 N–H and O–H groups in total. The number of methoxy groups -OCH3 is 1. The molecule has 1 amide bonds. The van der Waals surface area contributed by atoms with Crippen LogP contribution in [0.5, 0.6) is 5.75 Å². The highest BCUT2D eigenvalue weighted by molar-refractivity contribution is 7.99. The van der Waals surface area contributed by atoms with Gasteiger partial charge in [-0.15, -0.1) is 10.2 Å². The predicted octanol–water partition coefficient (Wildman–Crippen LogP) is 3.00. The zero-order valence-corrected chi connectivity index (χ0v) is 17.3. The summed E-state index contributed by atoms with van der Waals surface area (Å²) in [5.74, 6) is 1.52. The normalized spacial score (nSPS) is 11.3. The first-order valence-electron chi connectivity index (χ1n) is 9.06. The molecule has 2 aromatic heterocycles. The summed E-state index contributed by atoms with van der Waals surface area (Å²) in [6.07, 6.45) is 3.37.